The minimum atomic E-state index is -2.66. The number of carbonyl (C=O) groups is 1. The van der Waals surface area contributed by atoms with Gasteiger partial charge < -0.3 is 24.4 Å². The van der Waals surface area contributed by atoms with Gasteiger partial charge in [-0.25, -0.2) is 4.79 Å². The molecule has 2 aromatic carbocycles. The molecule has 2 N–H and O–H groups in total. The summed E-state index contributed by atoms with van der Waals surface area (Å²) < 4.78 is 29.9. The van der Waals surface area contributed by atoms with Crippen LogP contribution in [-0.2, 0) is 16.0 Å². The van der Waals surface area contributed by atoms with Gasteiger partial charge in [-0.3, -0.25) is 8.51 Å². The molecule has 9 heteroatoms. The molecule has 2 aromatic rings. The summed E-state index contributed by atoms with van der Waals surface area (Å²) in [5, 5.41) is 18.9. The number of carboxylic acids is 1. The Balaban J connectivity index is 1.97. The normalized spacial score (nSPS) is 15.5. The van der Waals surface area contributed by atoms with Crippen molar-refractivity contribution in [2.45, 2.75) is 0 Å². The van der Waals surface area contributed by atoms with Gasteiger partial charge in [-0.1, -0.05) is 6.07 Å². The van der Waals surface area contributed by atoms with E-state index in [9.17, 15) is 18.7 Å². The highest BCUT2D eigenvalue weighted by atomic mass is 32.2. The van der Waals surface area contributed by atoms with Gasteiger partial charge in [0, 0.05) is 24.8 Å². The van der Waals surface area contributed by atoms with Gasteiger partial charge in [0.15, 0.2) is 0 Å². The van der Waals surface area contributed by atoms with E-state index in [1.165, 1.54) is 12.1 Å². The summed E-state index contributed by atoms with van der Waals surface area (Å²) in [5.74, 6) is -1.80. The molecule has 0 radical (unpaired) electrons. The van der Waals surface area contributed by atoms with Crippen molar-refractivity contribution in [2.24, 2.45) is 0 Å². The van der Waals surface area contributed by atoms with Crippen LogP contribution in [0.15, 0.2) is 42.5 Å². The van der Waals surface area contributed by atoms with E-state index in [1.54, 1.807) is 18.2 Å². The Morgan fingerprint density at radius 2 is 1.85 bits per heavy atom. The Morgan fingerprint density at radius 1 is 1.15 bits per heavy atom. The third kappa shape index (κ3) is 3.79. The number of morpholine rings is 1. The smallest absolute Gasteiger partial charge is 0.339 e. The number of benzene rings is 2. The maximum absolute atomic E-state index is 11.8. The highest BCUT2D eigenvalue weighted by molar-refractivity contribution is 7.81. The summed E-state index contributed by atoms with van der Waals surface area (Å²) >= 11 is -2.66. The number of phenols is 1. The molecule has 1 unspecified atom stereocenters. The van der Waals surface area contributed by atoms with Gasteiger partial charge in [0.2, 0.25) is 0 Å². The maximum atomic E-state index is 11.8. The van der Waals surface area contributed by atoms with E-state index in [0.29, 0.717) is 32.0 Å². The Kier molecular flexibility index (Phi) is 5.40. The summed E-state index contributed by atoms with van der Waals surface area (Å²) in [4.78, 5) is 13.1. The summed E-state index contributed by atoms with van der Waals surface area (Å²) in [7, 11) is 0. The summed E-state index contributed by atoms with van der Waals surface area (Å²) in [6, 6.07) is 10.6. The van der Waals surface area contributed by atoms with Crippen LogP contribution in [0.5, 0.6) is 5.75 Å². The second kappa shape index (κ2) is 7.73. The fraction of sp³-hybridized carbons (Fsp3) is 0.235. The van der Waals surface area contributed by atoms with Crippen LogP contribution in [0.1, 0.15) is 10.4 Å². The Bertz CT molecular complexity index is 838. The van der Waals surface area contributed by atoms with E-state index < -0.39 is 23.0 Å². The largest absolute Gasteiger partial charge is 0.755 e. The number of hydrogen-bond donors (Lipinski definition) is 2. The molecule has 0 spiro atoms. The zero-order chi connectivity index (χ0) is 18.7. The number of rotatable bonds is 5. The first kappa shape index (κ1) is 18.2. The molecule has 0 aliphatic carbocycles. The van der Waals surface area contributed by atoms with Gasteiger partial charge in [0.25, 0.3) is 0 Å². The lowest BCUT2D eigenvalue weighted by Gasteiger charge is -2.31. The van der Waals surface area contributed by atoms with Crippen LogP contribution in [-0.4, -0.2) is 51.2 Å². The molecular weight excluding hydrogens is 360 g/mol. The number of aromatic carboxylic acids is 1. The summed E-state index contributed by atoms with van der Waals surface area (Å²) in [5.41, 5.74) is 1.07. The van der Waals surface area contributed by atoms with Gasteiger partial charge in [0.1, 0.15) is 11.3 Å². The number of nitrogens with zero attached hydrogens (tertiary/aromatic N) is 2. The molecule has 3 rings (SSSR count). The first-order valence-electron chi connectivity index (χ1n) is 7.86. The van der Waals surface area contributed by atoms with E-state index in [2.05, 4.69) is 4.90 Å². The molecule has 0 saturated carbocycles. The van der Waals surface area contributed by atoms with Crippen LogP contribution < -0.4 is 9.21 Å². The molecule has 1 heterocycles. The first-order chi connectivity index (χ1) is 12.5. The zero-order valence-electron chi connectivity index (χ0n) is 13.7. The topological polar surface area (TPSA) is 113 Å². The van der Waals surface area contributed by atoms with E-state index in [-0.39, 0.29) is 11.3 Å². The Hall–Kier alpha value is -2.62. The van der Waals surface area contributed by atoms with Gasteiger partial charge in [-0.15, -0.1) is 0 Å². The fourth-order valence-electron chi connectivity index (χ4n) is 2.79. The maximum Gasteiger partial charge on any atom is 0.339 e. The highest BCUT2D eigenvalue weighted by Crippen LogP contribution is 2.33. The van der Waals surface area contributed by atoms with Crippen LogP contribution in [0.4, 0.5) is 17.1 Å². The predicted molar refractivity (Wildman–Crippen MR) is 95.6 cm³/mol. The molecule has 138 valence electrons. The Labute approximate surface area is 152 Å². The van der Waals surface area contributed by atoms with E-state index in [4.69, 9.17) is 9.84 Å². The lowest BCUT2D eigenvalue weighted by molar-refractivity contribution is 0.0693. The molecule has 1 aliphatic rings. The molecule has 26 heavy (non-hydrogen) atoms. The highest BCUT2D eigenvalue weighted by Gasteiger charge is 2.17. The van der Waals surface area contributed by atoms with Crippen molar-refractivity contribution in [2.75, 3.05) is 35.5 Å². The van der Waals surface area contributed by atoms with Crippen molar-refractivity contribution in [3.05, 3.63) is 48.0 Å². The molecule has 1 fully saturated rings. The van der Waals surface area contributed by atoms with Crippen molar-refractivity contribution in [3.63, 3.8) is 0 Å². The van der Waals surface area contributed by atoms with E-state index in [0.717, 1.165) is 16.1 Å². The van der Waals surface area contributed by atoms with Gasteiger partial charge >= 0.3 is 5.97 Å². The van der Waals surface area contributed by atoms with Gasteiger partial charge in [0.05, 0.1) is 35.9 Å². The average molecular weight is 377 g/mol. The summed E-state index contributed by atoms with van der Waals surface area (Å²) in [6.45, 7) is 2.62. The zero-order valence-corrected chi connectivity index (χ0v) is 14.5. The van der Waals surface area contributed by atoms with Crippen molar-refractivity contribution >= 4 is 34.3 Å². The number of ether oxygens (including phenoxy) is 1. The lowest BCUT2D eigenvalue weighted by atomic mass is 10.1. The van der Waals surface area contributed by atoms with Crippen LogP contribution in [0.2, 0.25) is 0 Å². The molecule has 0 amide bonds. The van der Waals surface area contributed by atoms with Crippen LogP contribution >= 0.6 is 0 Å². The lowest BCUT2D eigenvalue weighted by Crippen LogP contribution is -2.36. The number of aromatic hydroxyl groups is 1. The molecule has 1 atom stereocenters. The first-order valence-corrected chi connectivity index (χ1v) is 8.89. The van der Waals surface area contributed by atoms with E-state index >= 15 is 0 Å². The molecule has 0 aromatic heterocycles. The number of anilines is 3. The van der Waals surface area contributed by atoms with E-state index in [1.807, 2.05) is 6.07 Å². The van der Waals surface area contributed by atoms with Crippen molar-refractivity contribution in [1.29, 1.82) is 0 Å². The molecular formula is C17H17N2O6S-. The van der Waals surface area contributed by atoms with Gasteiger partial charge in [-0.2, -0.15) is 0 Å². The molecule has 1 saturated heterocycles. The second-order valence-electron chi connectivity index (χ2n) is 5.64. The minimum Gasteiger partial charge on any atom is -0.755 e. The molecule has 1 aliphatic heterocycles. The van der Waals surface area contributed by atoms with Gasteiger partial charge in [-0.05, 0) is 30.3 Å². The Morgan fingerprint density at radius 3 is 2.46 bits per heavy atom. The third-order valence-corrected chi connectivity index (χ3v) is 4.76. The predicted octanol–water partition coefficient (Wildman–Crippen LogP) is 1.86. The minimum absolute atomic E-state index is 0.139. The number of carboxylic acid groups (broad SMARTS) is 1. The summed E-state index contributed by atoms with van der Waals surface area (Å²) in [6.07, 6.45) is 0. The van der Waals surface area contributed by atoms with Crippen molar-refractivity contribution in [1.82, 2.24) is 0 Å². The monoisotopic (exact) mass is 377 g/mol. The van der Waals surface area contributed by atoms with Crippen molar-refractivity contribution < 1.29 is 28.5 Å². The van der Waals surface area contributed by atoms with Crippen molar-refractivity contribution in [3.8, 4) is 5.75 Å². The fourth-order valence-corrected chi connectivity index (χ4v) is 3.36. The molecule has 8 nitrogen and oxygen atoms in total. The quantitative estimate of drug-likeness (QED) is 0.765. The van der Waals surface area contributed by atoms with Crippen LogP contribution in [0.25, 0.3) is 0 Å². The number of hydrogen-bond acceptors (Lipinski definition) is 6. The standard InChI is InChI=1S/C17H18N2O6S/c20-16-11-14(4-5-15(16)17(21)22)19(26(23)24)13-3-1-2-12(10-13)18-6-8-25-9-7-18/h1-5,10-11,20H,6-9H2,(H,21,22)(H,23,24)/p-1. The molecule has 0 bridgehead atoms. The SMILES string of the molecule is O=C(O)c1ccc(N(c2cccc(N3CCOCC3)c2)S(=O)[O-])cc1O. The van der Waals surface area contributed by atoms with Crippen LogP contribution in [0, 0.1) is 0 Å². The average Bonchev–Trinajstić information content (AvgIpc) is 2.62. The van der Waals surface area contributed by atoms with Crippen LogP contribution in [0.3, 0.4) is 0 Å². The second-order valence-corrected chi connectivity index (χ2v) is 6.44. The third-order valence-electron chi connectivity index (χ3n) is 4.04.